The number of nitrogens with zero attached hydrogens (tertiary/aromatic N) is 2. The first-order chi connectivity index (χ1) is 21.7. The first-order valence-corrected chi connectivity index (χ1v) is 15.6. The molecule has 1 saturated heterocycles. The number of methoxy groups -OCH3 is 1. The monoisotopic (exact) mass is 606 g/mol. The van der Waals surface area contributed by atoms with Crippen molar-refractivity contribution in [2.45, 2.75) is 51.2 Å². The van der Waals surface area contributed by atoms with Crippen molar-refractivity contribution in [3.8, 4) is 28.3 Å². The lowest BCUT2D eigenvalue weighted by atomic mass is 10.0. The highest BCUT2D eigenvalue weighted by molar-refractivity contribution is 6.02. The molecule has 0 radical (unpaired) electrons. The number of carbonyl (C=O) groups is 2. The average Bonchev–Trinajstić information content (AvgIpc) is 3.44. The maximum atomic E-state index is 14.7. The molecule has 2 aromatic heterocycles. The van der Waals surface area contributed by atoms with Gasteiger partial charge in [-0.3, -0.25) is 9.59 Å². The molecule has 1 aliphatic heterocycles. The third-order valence-electron chi connectivity index (χ3n) is 10.2. The number of rotatable bonds is 7. The quantitative estimate of drug-likeness (QED) is 0.227. The molecule has 8 rings (SSSR count). The summed E-state index contributed by atoms with van der Waals surface area (Å²) in [6, 6.07) is 16.5. The molecule has 3 heterocycles. The number of primary amides is 1. The normalized spacial score (nSPS) is 20.9. The number of ether oxygens (including phenoxy) is 1. The number of furan rings is 1. The molecule has 3 aliphatic rings. The van der Waals surface area contributed by atoms with Gasteiger partial charge in [-0.2, -0.15) is 0 Å². The SMILES string of the molecule is COc1cc(C(=O)N2CC3CCC2C3N)cc2oc(-c3cc4ccc(-c5ccc(C(N)=O)c(F)c5)cc4n3CC3CC3)c(C)c12. The molecule has 3 fully saturated rings. The van der Waals surface area contributed by atoms with E-state index in [1.54, 1.807) is 13.2 Å². The van der Waals surface area contributed by atoms with E-state index >= 15 is 0 Å². The maximum Gasteiger partial charge on any atom is 0.254 e. The fourth-order valence-electron chi connectivity index (χ4n) is 7.59. The highest BCUT2D eigenvalue weighted by Crippen LogP contribution is 2.44. The summed E-state index contributed by atoms with van der Waals surface area (Å²) in [5.41, 5.74) is 17.1. The van der Waals surface area contributed by atoms with E-state index in [1.165, 1.54) is 25.0 Å². The summed E-state index contributed by atoms with van der Waals surface area (Å²) in [7, 11) is 1.62. The lowest BCUT2D eigenvalue weighted by Gasteiger charge is -2.27. The van der Waals surface area contributed by atoms with Gasteiger partial charge in [-0.1, -0.05) is 18.2 Å². The molecule has 3 atom stereocenters. The van der Waals surface area contributed by atoms with Crippen molar-refractivity contribution < 1.29 is 23.1 Å². The van der Waals surface area contributed by atoms with Crippen molar-refractivity contribution >= 4 is 33.7 Å². The van der Waals surface area contributed by atoms with Gasteiger partial charge in [0.2, 0.25) is 0 Å². The molecule has 3 unspecified atom stereocenters. The number of fused-ring (bicyclic) bond motifs is 4. The van der Waals surface area contributed by atoms with Crippen molar-refractivity contribution in [2.24, 2.45) is 23.3 Å². The molecule has 2 aliphatic carbocycles. The number of halogens is 1. The molecule has 2 bridgehead atoms. The lowest BCUT2D eigenvalue weighted by Crippen LogP contribution is -2.41. The molecule has 0 spiro atoms. The summed E-state index contributed by atoms with van der Waals surface area (Å²) in [5.74, 6) is 0.795. The number of aromatic nitrogens is 1. The Morgan fingerprint density at radius 2 is 1.80 bits per heavy atom. The van der Waals surface area contributed by atoms with Crippen molar-refractivity contribution in [3.63, 3.8) is 0 Å². The summed E-state index contributed by atoms with van der Waals surface area (Å²) >= 11 is 0. The molecular formula is C36H35FN4O4. The summed E-state index contributed by atoms with van der Waals surface area (Å²) in [4.78, 5) is 27.2. The number of likely N-dealkylation sites (tertiary alicyclic amines) is 1. The Bertz CT molecular complexity index is 2040. The van der Waals surface area contributed by atoms with Gasteiger partial charge in [0.15, 0.2) is 5.76 Å². The number of amides is 2. The Balaban J connectivity index is 1.23. The number of nitrogens with two attached hydrogens (primary N) is 2. The predicted molar refractivity (Wildman–Crippen MR) is 171 cm³/mol. The van der Waals surface area contributed by atoms with Crippen LogP contribution in [0.3, 0.4) is 0 Å². The van der Waals surface area contributed by atoms with Crippen LogP contribution >= 0.6 is 0 Å². The van der Waals surface area contributed by atoms with Crippen LogP contribution in [0.25, 0.3) is 44.5 Å². The van der Waals surface area contributed by atoms with Crippen molar-refractivity contribution in [2.75, 3.05) is 13.7 Å². The molecule has 2 amide bonds. The van der Waals surface area contributed by atoms with Crippen LogP contribution in [-0.2, 0) is 6.54 Å². The lowest BCUT2D eigenvalue weighted by molar-refractivity contribution is 0.0700. The smallest absolute Gasteiger partial charge is 0.254 e. The van der Waals surface area contributed by atoms with E-state index < -0.39 is 11.7 Å². The zero-order valence-corrected chi connectivity index (χ0v) is 25.3. The summed E-state index contributed by atoms with van der Waals surface area (Å²) in [6.45, 7) is 3.54. The summed E-state index contributed by atoms with van der Waals surface area (Å²) < 4.78 is 29.4. The molecule has 45 heavy (non-hydrogen) atoms. The molecular weight excluding hydrogens is 571 g/mol. The Kier molecular flexibility index (Phi) is 6.32. The second kappa shape index (κ2) is 10.2. The van der Waals surface area contributed by atoms with Gasteiger partial charge < -0.3 is 30.1 Å². The van der Waals surface area contributed by atoms with E-state index in [9.17, 15) is 14.0 Å². The van der Waals surface area contributed by atoms with E-state index in [4.69, 9.17) is 20.6 Å². The van der Waals surface area contributed by atoms with E-state index in [0.29, 0.717) is 40.8 Å². The molecule has 5 aromatic rings. The first-order valence-electron chi connectivity index (χ1n) is 15.6. The molecule has 4 N–H and O–H groups in total. The number of piperidine rings is 1. The number of carbonyl (C=O) groups excluding carboxylic acids is 2. The van der Waals surface area contributed by atoms with Gasteiger partial charge >= 0.3 is 0 Å². The zero-order chi connectivity index (χ0) is 31.1. The fraction of sp³-hybridized carbons (Fsp3) is 0.333. The van der Waals surface area contributed by atoms with Gasteiger partial charge in [0.1, 0.15) is 17.1 Å². The Morgan fingerprint density at radius 3 is 2.47 bits per heavy atom. The first kappa shape index (κ1) is 27.9. The highest BCUT2D eigenvalue weighted by Gasteiger charge is 2.47. The zero-order valence-electron chi connectivity index (χ0n) is 25.3. The number of aryl methyl sites for hydroxylation is 1. The molecule has 3 aromatic carbocycles. The fourth-order valence-corrected chi connectivity index (χ4v) is 7.59. The van der Waals surface area contributed by atoms with Gasteiger partial charge in [0.05, 0.1) is 23.8 Å². The Hall–Kier alpha value is -4.63. The largest absolute Gasteiger partial charge is 0.496 e. The van der Waals surface area contributed by atoms with Crippen LogP contribution in [-0.4, -0.2) is 47.0 Å². The van der Waals surface area contributed by atoms with Gasteiger partial charge in [-0.25, -0.2) is 4.39 Å². The van der Waals surface area contributed by atoms with Crippen molar-refractivity contribution in [3.05, 3.63) is 77.1 Å². The van der Waals surface area contributed by atoms with Gasteiger partial charge in [0.25, 0.3) is 11.8 Å². The average molecular weight is 607 g/mol. The molecule has 2 saturated carbocycles. The van der Waals surface area contributed by atoms with Crippen LogP contribution in [0.4, 0.5) is 4.39 Å². The minimum Gasteiger partial charge on any atom is -0.496 e. The number of benzene rings is 3. The van der Waals surface area contributed by atoms with Crippen molar-refractivity contribution in [1.82, 2.24) is 9.47 Å². The maximum absolute atomic E-state index is 14.7. The third-order valence-corrected chi connectivity index (χ3v) is 10.2. The minimum absolute atomic E-state index is 0.0378. The Labute approximate surface area is 259 Å². The van der Waals surface area contributed by atoms with E-state index in [-0.39, 0.29) is 23.6 Å². The highest BCUT2D eigenvalue weighted by atomic mass is 19.1. The van der Waals surface area contributed by atoms with Crippen LogP contribution in [0, 0.1) is 24.6 Å². The van der Waals surface area contributed by atoms with E-state index in [2.05, 4.69) is 16.7 Å². The van der Waals surface area contributed by atoms with Crippen LogP contribution in [0.5, 0.6) is 5.75 Å². The Morgan fingerprint density at radius 1 is 1.02 bits per heavy atom. The van der Waals surface area contributed by atoms with Gasteiger partial charge in [-0.15, -0.1) is 0 Å². The van der Waals surface area contributed by atoms with Crippen molar-refractivity contribution in [1.29, 1.82) is 0 Å². The topological polar surface area (TPSA) is 117 Å². The predicted octanol–water partition coefficient (Wildman–Crippen LogP) is 6.25. The second-order valence-corrected chi connectivity index (χ2v) is 13.0. The van der Waals surface area contributed by atoms with Crippen LogP contribution < -0.4 is 16.2 Å². The van der Waals surface area contributed by atoms with E-state index in [0.717, 1.165) is 58.3 Å². The minimum atomic E-state index is -0.793. The van der Waals surface area contributed by atoms with Crippen LogP contribution in [0.1, 0.15) is 52.0 Å². The molecule has 9 heteroatoms. The van der Waals surface area contributed by atoms with Gasteiger partial charge in [0, 0.05) is 47.2 Å². The third kappa shape index (κ3) is 4.43. The molecule has 230 valence electrons. The molecule has 8 nitrogen and oxygen atoms in total. The van der Waals surface area contributed by atoms with Gasteiger partial charge in [-0.05, 0) is 92.0 Å². The van der Waals surface area contributed by atoms with E-state index in [1.807, 2.05) is 36.1 Å². The van der Waals surface area contributed by atoms with Crippen LogP contribution in [0.2, 0.25) is 0 Å². The number of hydrogen-bond donors (Lipinski definition) is 2. The summed E-state index contributed by atoms with van der Waals surface area (Å²) in [5, 5.41) is 1.88. The van der Waals surface area contributed by atoms with Crippen LogP contribution in [0.15, 0.2) is 59.0 Å². The standard InChI is InChI=1S/C36H35FN4O4/c1-18-32-30(44-2)14-24(36(43)41-17-23-8-10-27(41)33(23)38)15-31(32)45-34(18)29-13-22-6-5-21(12-28(22)40(29)16-19-3-4-19)20-7-9-25(35(39)42)26(37)11-20/h5-7,9,11-15,19,23,27,33H,3-4,8,10,16-17,38H2,1-2H3,(H2,39,42). The number of hydrogen-bond acceptors (Lipinski definition) is 5. The second-order valence-electron chi connectivity index (χ2n) is 13.0. The summed E-state index contributed by atoms with van der Waals surface area (Å²) in [6.07, 6.45) is 4.35.